The van der Waals surface area contributed by atoms with Gasteiger partial charge in [-0.15, -0.1) is 0 Å². The normalized spacial score (nSPS) is 11.2. The largest absolute Gasteiger partial charge is 0.490 e. The quantitative estimate of drug-likeness (QED) is 0.358. The summed E-state index contributed by atoms with van der Waals surface area (Å²) in [5.41, 5.74) is 1.66. The third kappa shape index (κ3) is 5.66. The van der Waals surface area contributed by atoms with Gasteiger partial charge in [-0.3, -0.25) is 0 Å². The predicted molar refractivity (Wildman–Crippen MR) is 105 cm³/mol. The van der Waals surface area contributed by atoms with Crippen molar-refractivity contribution < 1.29 is 19.4 Å². The molecule has 2 rings (SSSR count). The molecule has 0 heterocycles. The molecule has 26 heavy (non-hydrogen) atoms. The van der Waals surface area contributed by atoms with E-state index < -0.39 is 5.97 Å². The highest BCUT2D eigenvalue weighted by atomic mass is 16.5. The molecule has 0 radical (unpaired) electrons. The van der Waals surface area contributed by atoms with Crippen molar-refractivity contribution in [3.8, 4) is 11.5 Å². The first-order valence-electron chi connectivity index (χ1n) is 9.05. The van der Waals surface area contributed by atoms with E-state index in [1.165, 1.54) is 0 Å². The lowest BCUT2D eigenvalue weighted by Crippen LogP contribution is -2.02. The van der Waals surface area contributed by atoms with Crippen molar-refractivity contribution >= 4 is 17.6 Å². The summed E-state index contributed by atoms with van der Waals surface area (Å²) in [6, 6.07) is 14.6. The molecule has 0 bridgehead atoms. The molecule has 0 aliphatic heterocycles. The summed E-state index contributed by atoms with van der Waals surface area (Å²) in [5.74, 6) is 0.362. The highest BCUT2D eigenvalue weighted by Gasteiger charge is 2.12. The second kappa shape index (κ2) is 10.3. The van der Waals surface area contributed by atoms with Crippen LogP contribution in [0.25, 0.3) is 11.6 Å². The molecule has 0 unspecified atom stereocenters. The van der Waals surface area contributed by atoms with Crippen LogP contribution in [0, 0.1) is 0 Å². The fourth-order valence-electron chi connectivity index (χ4n) is 2.59. The van der Waals surface area contributed by atoms with Crippen molar-refractivity contribution in [3.05, 3.63) is 59.7 Å². The number of aliphatic carboxylic acids is 1. The Kier molecular flexibility index (Phi) is 7.75. The van der Waals surface area contributed by atoms with Gasteiger partial charge >= 0.3 is 5.97 Å². The van der Waals surface area contributed by atoms with Gasteiger partial charge in [0.25, 0.3) is 0 Å². The van der Waals surface area contributed by atoms with Gasteiger partial charge in [0, 0.05) is 0 Å². The van der Waals surface area contributed by atoms with Crippen molar-refractivity contribution in [2.45, 2.75) is 33.1 Å². The molecule has 0 amide bonds. The van der Waals surface area contributed by atoms with Gasteiger partial charge in [0.2, 0.25) is 0 Å². The number of unbranched alkanes of at least 4 members (excludes halogenated alkanes) is 2. The lowest BCUT2D eigenvalue weighted by atomic mass is 10.0. The van der Waals surface area contributed by atoms with Gasteiger partial charge in [-0.1, -0.05) is 56.2 Å². The molecule has 0 saturated carbocycles. The molecule has 0 saturated heterocycles. The standard InChI is InChI=1S/C22H26O4/c1-3-5-9-14-26-20-13-12-17(16-21(20)25-4-2)15-19(22(23)24)18-10-7-6-8-11-18/h6-8,10-13,15-16H,3-5,9,14H2,1-2H3,(H,23,24)/b19-15-. The van der Waals surface area contributed by atoms with Crippen molar-refractivity contribution in [2.75, 3.05) is 13.2 Å². The van der Waals surface area contributed by atoms with Crippen LogP contribution in [-0.2, 0) is 4.79 Å². The smallest absolute Gasteiger partial charge is 0.336 e. The molecule has 1 N–H and O–H groups in total. The molecule has 0 aliphatic carbocycles. The van der Waals surface area contributed by atoms with E-state index in [0.717, 1.165) is 24.8 Å². The number of carbonyl (C=O) groups is 1. The zero-order chi connectivity index (χ0) is 18.8. The number of rotatable bonds is 10. The average molecular weight is 354 g/mol. The first-order valence-corrected chi connectivity index (χ1v) is 9.05. The van der Waals surface area contributed by atoms with Crippen molar-refractivity contribution in [2.24, 2.45) is 0 Å². The van der Waals surface area contributed by atoms with Crippen LogP contribution < -0.4 is 9.47 Å². The fraction of sp³-hybridized carbons (Fsp3) is 0.318. The Morgan fingerprint density at radius 1 is 1.00 bits per heavy atom. The zero-order valence-corrected chi connectivity index (χ0v) is 15.4. The average Bonchev–Trinajstić information content (AvgIpc) is 2.65. The second-order valence-corrected chi connectivity index (χ2v) is 5.92. The zero-order valence-electron chi connectivity index (χ0n) is 15.4. The molecule has 2 aromatic rings. The Balaban J connectivity index is 2.28. The molecule has 0 atom stereocenters. The Bertz CT molecular complexity index is 735. The maximum Gasteiger partial charge on any atom is 0.336 e. The lowest BCUT2D eigenvalue weighted by molar-refractivity contribution is -0.130. The number of carboxylic acids is 1. The van der Waals surface area contributed by atoms with Crippen LogP contribution in [0.15, 0.2) is 48.5 Å². The van der Waals surface area contributed by atoms with E-state index in [1.54, 1.807) is 18.2 Å². The van der Waals surface area contributed by atoms with Gasteiger partial charge in [-0.2, -0.15) is 0 Å². The van der Waals surface area contributed by atoms with Crippen LogP contribution in [0.2, 0.25) is 0 Å². The summed E-state index contributed by atoms with van der Waals surface area (Å²) in [6.45, 7) is 5.23. The first-order chi connectivity index (χ1) is 12.7. The molecule has 4 nitrogen and oxygen atoms in total. The minimum absolute atomic E-state index is 0.240. The fourth-order valence-corrected chi connectivity index (χ4v) is 2.59. The molecular weight excluding hydrogens is 328 g/mol. The van der Waals surface area contributed by atoms with Gasteiger partial charge < -0.3 is 14.6 Å². The van der Waals surface area contributed by atoms with Crippen molar-refractivity contribution in [1.29, 1.82) is 0 Å². The van der Waals surface area contributed by atoms with Crippen molar-refractivity contribution in [1.82, 2.24) is 0 Å². The number of hydrogen-bond acceptors (Lipinski definition) is 3. The summed E-state index contributed by atoms with van der Waals surface area (Å²) >= 11 is 0. The van der Waals surface area contributed by atoms with Crippen LogP contribution >= 0.6 is 0 Å². The van der Waals surface area contributed by atoms with Crippen LogP contribution in [-0.4, -0.2) is 24.3 Å². The maximum atomic E-state index is 11.7. The Hall–Kier alpha value is -2.75. The molecule has 0 aromatic heterocycles. The monoisotopic (exact) mass is 354 g/mol. The molecule has 0 aliphatic rings. The van der Waals surface area contributed by atoms with Crippen LogP contribution in [0.4, 0.5) is 0 Å². The second-order valence-electron chi connectivity index (χ2n) is 5.92. The van der Waals surface area contributed by atoms with Gasteiger partial charge in [0.15, 0.2) is 11.5 Å². The third-order valence-electron chi connectivity index (χ3n) is 3.90. The van der Waals surface area contributed by atoms with Crippen LogP contribution in [0.1, 0.15) is 44.2 Å². The van der Waals surface area contributed by atoms with E-state index in [4.69, 9.17) is 9.47 Å². The molecule has 0 spiro atoms. The molecule has 4 heteroatoms. The van der Waals surface area contributed by atoms with Crippen LogP contribution in [0.5, 0.6) is 11.5 Å². The minimum atomic E-state index is -0.964. The number of carboxylic acid groups (broad SMARTS) is 1. The summed E-state index contributed by atoms with van der Waals surface area (Å²) < 4.78 is 11.5. The molecule has 2 aromatic carbocycles. The minimum Gasteiger partial charge on any atom is -0.490 e. The van der Waals surface area contributed by atoms with Gasteiger partial charge in [0.1, 0.15) is 0 Å². The summed E-state index contributed by atoms with van der Waals surface area (Å²) in [7, 11) is 0. The summed E-state index contributed by atoms with van der Waals surface area (Å²) in [6.07, 6.45) is 4.93. The summed E-state index contributed by atoms with van der Waals surface area (Å²) in [4.78, 5) is 11.7. The number of benzene rings is 2. The van der Waals surface area contributed by atoms with E-state index >= 15 is 0 Å². The molecule has 138 valence electrons. The predicted octanol–water partition coefficient (Wildman–Crippen LogP) is 5.28. The SMILES string of the molecule is CCCCCOc1ccc(/C=C(\C(=O)O)c2ccccc2)cc1OCC. The Morgan fingerprint density at radius 3 is 2.42 bits per heavy atom. The summed E-state index contributed by atoms with van der Waals surface area (Å²) in [5, 5.41) is 9.56. The number of hydrogen-bond donors (Lipinski definition) is 1. The topological polar surface area (TPSA) is 55.8 Å². The Morgan fingerprint density at radius 2 is 1.77 bits per heavy atom. The van der Waals surface area contributed by atoms with Gasteiger partial charge in [-0.25, -0.2) is 4.79 Å². The number of ether oxygens (including phenoxy) is 2. The van der Waals surface area contributed by atoms with E-state index in [0.29, 0.717) is 30.3 Å². The van der Waals surface area contributed by atoms with Crippen LogP contribution in [0.3, 0.4) is 0 Å². The lowest BCUT2D eigenvalue weighted by Gasteiger charge is -2.13. The third-order valence-corrected chi connectivity index (χ3v) is 3.90. The van der Waals surface area contributed by atoms with E-state index in [2.05, 4.69) is 6.92 Å². The van der Waals surface area contributed by atoms with Crippen molar-refractivity contribution in [3.63, 3.8) is 0 Å². The highest BCUT2D eigenvalue weighted by molar-refractivity contribution is 6.20. The van der Waals surface area contributed by atoms with Gasteiger partial charge in [0.05, 0.1) is 18.8 Å². The highest BCUT2D eigenvalue weighted by Crippen LogP contribution is 2.30. The molecule has 0 fully saturated rings. The van der Waals surface area contributed by atoms with E-state index in [9.17, 15) is 9.90 Å². The van der Waals surface area contributed by atoms with E-state index in [1.807, 2.05) is 43.3 Å². The maximum absolute atomic E-state index is 11.7. The Labute approximate surface area is 155 Å². The van der Waals surface area contributed by atoms with E-state index in [-0.39, 0.29) is 5.57 Å². The first kappa shape index (κ1) is 19.6. The molecular formula is C22H26O4. The van der Waals surface area contributed by atoms with Gasteiger partial charge in [-0.05, 0) is 42.7 Å².